The summed E-state index contributed by atoms with van der Waals surface area (Å²) < 4.78 is 1.84. The van der Waals surface area contributed by atoms with Crippen LogP contribution in [0.4, 0.5) is 0 Å². The van der Waals surface area contributed by atoms with Crippen molar-refractivity contribution in [2.75, 3.05) is 0 Å². The third-order valence-corrected chi connectivity index (χ3v) is 6.26. The van der Waals surface area contributed by atoms with Gasteiger partial charge < -0.3 is 5.73 Å². The lowest BCUT2D eigenvalue weighted by atomic mass is 9.73. The van der Waals surface area contributed by atoms with Gasteiger partial charge in [0.1, 0.15) is 0 Å². The molecule has 1 aliphatic rings. The molecule has 0 aliphatic heterocycles. The van der Waals surface area contributed by atoms with E-state index in [4.69, 9.17) is 10.7 Å². The minimum Gasteiger partial charge on any atom is -0.366 e. The highest BCUT2D eigenvalue weighted by Gasteiger charge is 2.44. The number of primary amides is 1. The Morgan fingerprint density at radius 3 is 2.33 bits per heavy atom. The Kier molecular flexibility index (Phi) is 5.93. The number of carbonyl (C=O) groups excluding carboxylic acids is 1. The topological polar surface area (TPSA) is 112 Å². The largest absolute Gasteiger partial charge is 0.366 e. The third-order valence-electron chi connectivity index (χ3n) is 6.26. The Morgan fingerprint density at radius 2 is 1.76 bits per heavy atom. The Balaban J connectivity index is 1.98. The van der Waals surface area contributed by atoms with Crippen molar-refractivity contribution in [3.05, 3.63) is 82.7 Å². The van der Waals surface area contributed by atoms with Gasteiger partial charge in [0, 0.05) is 41.9 Å². The van der Waals surface area contributed by atoms with Crippen LogP contribution in [0.5, 0.6) is 0 Å². The van der Waals surface area contributed by atoms with Crippen LogP contribution in [0.25, 0.3) is 5.57 Å². The van der Waals surface area contributed by atoms with Crippen LogP contribution in [0, 0.1) is 13.8 Å². The fraction of sp³-hybridized carbons (Fsp3) is 0.360. The molecule has 2 unspecified atom stereocenters. The van der Waals surface area contributed by atoms with Crippen LogP contribution in [0.3, 0.4) is 0 Å². The molecule has 1 aliphatic carbocycles. The first-order valence-electron chi connectivity index (χ1n) is 11.1. The van der Waals surface area contributed by atoms with Crippen molar-refractivity contribution >= 4 is 11.5 Å². The van der Waals surface area contributed by atoms with Gasteiger partial charge in [-0.3, -0.25) is 14.8 Å². The van der Waals surface area contributed by atoms with Crippen molar-refractivity contribution < 1.29 is 4.79 Å². The fourth-order valence-electron chi connectivity index (χ4n) is 4.29. The summed E-state index contributed by atoms with van der Waals surface area (Å²) in [5.41, 5.74) is 10.1. The molecule has 0 radical (unpaired) electrons. The van der Waals surface area contributed by atoms with Gasteiger partial charge in [0.05, 0.1) is 11.2 Å². The van der Waals surface area contributed by atoms with E-state index in [0.717, 1.165) is 33.9 Å². The van der Waals surface area contributed by atoms with Gasteiger partial charge >= 0.3 is 0 Å². The lowest BCUT2D eigenvalue weighted by Gasteiger charge is -2.40. The van der Waals surface area contributed by atoms with Crippen LogP contribution in [-0.2, 0) is 10.3 Å². The normalized spacial score (nSPS) is 19.2. The summed E-state index contributed by atoms with van der Waals surface area (Å²) in [4.78, 5) is 21.8. The van der Waals surface area contributed by atoms with Gasteiger partial charge in [-0.1, -0.05) is 32.9 Å². The van der Waals surface area contributed by atoms with E-state index < -0.39 is 11.4 Å². The average Bonchev–Trinajstić information content (AvgIpc) is 3.30. The highest BCUT2D eigenvalue weighted by molar-refractivity contribution is 5.96. The van der Waals surface area contributed by atoms with Gasteiger partial charge in [-0.15, -0.1) is 5.10 Å². The van der Waals surface area contributed by atoms with Gasteiger partial charge in [-0.05, 0) is 65.3 Å². The molecule has 3 aromatic rings. The molecule has 0 fully saturated rings. The molecule has 0 aromatic carbocycles. The summed E-state index contributed by atoms with van der Waals surface area (Å²) in [7, 11) is 0. The zero-order valence-corrected chi connectivity index (χ0v) is 19.6. The zero-order chi connectivity index (χ0) is 23.8. The molecule has 0 spiro atoms. The Morgan fingerprint density at radius 1 is 1.06 bits per heavy atom. The number of tetrazole rings is 1. The van der Waals surface area contributed by atoms with E-state index in [9.17, 15) is 4.79 Å². The Labute approximate surface area is 193 Å². The minimum absolute atomic E-state index is 0.0762. The van der Waals surface area contributed by atoms with Crippen LogP contribution in [-0.4, -0.2) is 36.1 Å². The number of aromatic nitrogens is 6. The summed E-state index contributed by atoms with van der Waals surface area (Å²) in [5.74, 6) is 0.169. The Bertz CT molecular complexity index is 1220. The molecule has 170 valence electrons. The number of aryl methyl sites for hydroxylation is 2. The molecule has 3 heterocycles. The van der Waals surface area contributed by atoms with Crippen LogP contribution >= 0.6 is 0 Å². The van der Waals surface area contributed by atoms with E-state index in [1.807, 2.05) is 75.1 Å². The van der Waals surface area contributed by atoms with Crippen molar-refractivity contribution in [3.63, 3.8) is 0 Å². The van der Waals surface area contributed by atoms with Crippen LogP contribution in [0.1, 0.15) is 67.4 Å². The molecule has 0 bridgehead atoms. The van der Waals surface area contributed by atoms with Gasteiger partial charge in [0.2, 0.25) is 5.91 Å². The maximum Gasteiger partial charge on any atom is 0.244 e. The van der Waals surface area contributed by atoms with Crippen LogP contribution < -0.4 is 5.73 Å². The second kappa shape index (κ2) is 8.69. The highest BCUT2D eigenvalue weighted by Crippen LogP contribution is 2.45. The molecule has 8 nitrogen and oxygen atoms in total. The average molecular weight is 444 g/mol. The van der Waals surface area contributed by atoms with Gasteiger partial charge in [-0.2, -0.15) is 0 Å². The molecule has 3 aromatic heterocycles. The van der Waals surface area contributed by atoms with E-state index in [1.54, 1.807) is 0 Å². The first-order chi connectivity index (χ1) is 15.7. The molecule has 1 amide bonds. The molecule has 33 heavy (non-hydrogen) atoms. The maximum atomic E-state index is 12.5. The number of hydrogen-bond donors (Lipinski definition) is 1. The number of hydrogen-bond acceptors (Lipinski definition) is 6. The van der Waals surface area contributed by atoms with Crippen molar-refractivity contribution in [1.29, 1.82) is 0 Å². The molecular weight excluding hydrogens is 414 g/mol. The van der Waals surface area contributed by atoms with Crippen molar-refractivity contribution in [2.24, 2.45) is 5.73 Å². The summed E-state index contributed by atoms with van der Waals surface area (Å²) in [6, 6.07) is 8.00. The quantitative estimate of drug-likeness (QED) is 0.623. The number of nitrogens with zero attached hydrogens (tertiary/aromatic N) is 6. The lowest BCUT2D eigenvalue weighted by molar-refractivity contribution is -0.114. The van der Waals surface area contributed by atoms with Gasteiger partial charge in [0.25, 0.3) is 0 Å². The van der Waals surface area contributed by atoms with E-state index in [1.165, 1.54) is 0 Å². The van der Waals surface area contributed by atoms with E-state index >= 15 is 0 Å². The van der Waals surface area contributed by atoms with E-state index in [2.05, 4.69) is 33.5 Å². The van der Waals surface area contributed by atoms with Crippen LogP contribution in [0.15, 0.2) is 54.4 Å². The second-order valence-electron chi connectivity index (χ2n) is 9.11. The number of amides is 1. The number of rotatable bonds is 6. The molecule has 2 N–H and O–H groups in total. The first-order valence-corrected chi connectivity index (χ1v) is 11.1. The molecule has 8 heteroatoms. The van der Waals surface area contributed by atoms with E-state index in [0.29, 0.717) is 12.0 Å². The monoisotopic (exact) mass is 443 g/mol. The smallest absolute Gasteiger partial charge is 0.244 e. The highest BCUT2D eigenvalue weighted by atomic mass is 16.1. The molecule has 0 saturated carbocycles. The zero-order valence-electron chi connectivity index (χ0n) is 19.6. The molecule has 4 rings (SSSR count). The first kappa shape index (κ1) is 22.5. The summed E-state index contributed by atoms with van der Waals surface area (Å²) >= 11 is 0. The maximum absolute atomic E-state index is 12.5. The predicted molar refractivity (Wildman–Crippen MR) is 126 cm³/mol. The minimum atomic E-state index is -0.799. The summed E-state index contributed by atoms with van der Waals surface area (Å²) in [6.07, 6.45) is 7.95. The van der Waals surface area contributed by atoms with Crippen molar-refractivity contribution in [1.82, 2.24) is 30.2 Å². The van der Waals surface area contributed by atoms with Crippen LogP contribution in [0.2, 0.25) is 0 Å². The molecular formula is C25H29N7O. The van der Waals surface area contributed by atoms with Crippen molar-refractivity contribution in [3.8, 4) is 0 Å². The SMILES string of the molecule is Cc1ccc(C2=CC(C(C)c3ccc(C)cn3)(n3nnnc3C(C)C)CC(C(N)=O)=C2)nc1. The second-order valence-corrected chi connectivity index (χ2v) is 9.11. The Hall–Kier alpha value is -3.68. The number of pyridine rings is 2. The third kappa shape index (κ3) is 4.20. The summed E-state index contributed by atoms with van der Waals surface area (Å²) in [5, 5.41) is 12.7. The van der Waals surface area contributed by atoms with Gasteiger partial charge in [-0.25, -0.2) is 4.68 Å². The van der Waals surface area contributed by atoms with Gasteiger partial charge in [0.15, 0.2) is 5.82 Å². The van der Waals surface area contributed by atoms with E-state index in [-0.39, 0.29) is 11.8 Å². The van der Waals surface area contributed by atoms with Crippen molar-refractivity contribution in [2.45, 2.75) is 58.4 Å². The standard InChI is InChI=1S/C25H29N7O/c1-15(2)24-29-30-31-32(24)25(18(5)21-8-6-16(3)13-27-21)11-19(10-20(12-25)23(26)33)22-9-7-17(4)14-28-22/h6-11,13-15,18H,12H2,1-5H3,(H2,26,33). The predicted octanol–water partition coefficient (Wildman–Crippen LogP) is 3.60. The number of allylic oxidation sites excluding steroid dienone is 3. The number of carbonyl (C=O) groups is 1. The molecule has 2 atom stereocenters. The lowest BCUT2D eigenvalue weighted by Crippen LogP contribution is -2.43. The molecule has 0 saturated heterocycles. The fourth-order valence-corrected chi connectivity index (χ4v) is 4.29. The number of nitrogens with two attached hydrogens (primary N) is 1. The summed E-state index contributed by atoms with van der Waals surface area (Å²) in [6.45, 7) is 10.2.